The minimum Gasteiger partial charge on any atom is -0.352 e. The van der Waals surface area contributed by atoms with E-state index in [0.717, 1.165) is 5.56 Å². The van der Waals surface area contributed by atoms with Crippen molar-refractivity contribution in [1.82, 2.24) is 14.9 Å². The lowest BCUT2D eigenvalue weighted by Gasteiger charge is -2.13. The van der Waals surface area contributed by atoms with E-state index in [1.54, 1.807) is 41.0 Å². The minimum absolute atomic E-state index is 0.0371. The summed E-state index contributed by atoms with van der Waals surface area (Å²) in [6.45, 7) is 0.711. The van der Waals surface area contributed by atoms with Crippen LogP contribution in [0.25, 0.3) is 10.9 Å². The van der Waals surface area contributed by atoms with Gasteiger partial charge in [-0.15, -0.1) is 0 Å². The van der Waals surface area contributed by atoms with Crippen molar-refractivity contribution in [3.63, 3.8) is 0 Å². The van der Waals surface area contributed by atoms with Crippen LogP contribution in [0.2, 0.25) is 5.02 Å². The highest BCUT2D eigenvalue weighted by molar-refractivity contribution is 7.99. The number of thioether (sulfide) groups is 1. The van der Waals surface area contributed by atoms with Crippen molar-refractivity contribution in [1.29, 1.82) is 0 Å². The molecule has 0 unspecified atom stereocenters. The summed E-state index contributed by atoms with van der Waals surface area (Å²) >= 11 is 7.22. The van der Waals surface area contributed by atoms with Gasteiger partial charge in [0.25, 0.3) is 5.56 Å². The summed E-state index contributed by atoms with van der Waals surface area (Å²) in [6.07, 6.45) is 0.717. The Morgan fingerprint density at radius 3 is 2.54 bits per heavy atom. The summed E-state index contributed by atoms with van der Waals surface area (Å²) in [4.78, 5) is 42.8. The highest BCUT2D eigenvalue weighted by Gasteiger charge is 2.14. The zero-order valence-electron chi connectivity index (χ0n) is 18.9. The number of fused-ring (bicyclic) bond motifs is 1. The maximum Gasteiger partial charge on any atom is 0.262 e. The molecular formula is C27H24ClN3O3S. The van der Waals surface area contributed by atoms with E-state index >= 15 is 0 Å². The Kier molecular flexibility index (Phi) is 8.34. The first-order valence-electron chi connectivity index (χ1n) is 11.2. The lowest BCUT2D eigenvalue weighted by Crippen LogP contribution is -2.26. The number of ketones is 1. The van der Waals surface area contributed by atoms with Crippen molar-refractivity contribution in [2.75, 3.05) is 5.75 Å². The number of nitrogens with zero attached hydrogens (tertiary/aromatic N) is 2. The van der Waals surface area contributed by atoms with Crippen molar-refractivity contribution in [2.24, 2.45) is 0 Å². The van der Waals surface area contributed by atoms with E-state index in [2.05, 4.69) is 10.3 Å². The summed E-state index contributed by atoms with van der Waals surface area (Å²) in [6, 6.07) is 23.5. The third-order valence-corrected chi connectivity index (χ3v) is 6.63. The largest absolute Gasteiger partial charge is 0.352 e. The molecule has 0 aliphatic rings. The number of carbonyl (C=O) groups excluding carboxylic acids is 2. The number of Topliss-reactive ketones (excluding diaryl/α,β-unsaturated/α-hetero) is 1. The Labute approximate surface area is 212 Å². The van der Waals surface area contributed by atoms with Gasteiger partial charge < -0.3 is 5.32 Å². The second kappa shape index (κ2) is 11.8. The van der Waals surface area contributed by atoms with Crippen molar-refractivity contribution in [2.45, 2.75) is 31.1 Å². The number of carbonyl (C=O) groups is 2. The predicted molar refractivity (Wildman–Crippen MR) is 140 cm³/mol. The molecule has 0 saturated carbocycles. The van der Waals surface area contributed by atoms with E-state index in [0.29, 0.717) is 46.2 Å². The first-order valence-corrected chi connectivity index (χ1v) is 12.6. The molecule has 0 aliphatic heterocycles. The van der Waals surface area contributed by atoms with Crippen molar-refractivity contribution in [3.05, 3.63) is 105 Å². The lowest BCUT2D eigenvalue weighted by molar-refractivity contribution is -0.121. The molecule has 35 heavy (non-hydrogen) atoms. The molecule has 0 aliphatic carbocycles. The van der Waals surface area contributed by atoms with Gasteiger partial charge in [-0.3, -0.25) is 19.0 Å². The van der Waals surface area contributed by atoms with Gasteiger partial charge in [-0.25, -0.2) is 4.98 Å². The highest BCUT2D eigenvalue weighted by Crippen LogP contribution is 2.20. The molecule has 4 rings (SSSR count). The number of benzene rings is 3. The molecule has 0 saturated heterocycles. The number of para-hydroxylation sites is 1. The molecular weight excluding hydrogens is 482 g/mol. The van der Waals surface area contributed by atoms with Crippen LogP contribution in [0.1, 0.15) is 28.8 Å². The SMILES string of the molecule is O=C(CCCn1c(SCC(=O)c2ccccc2)nc2ccccc2c1=O)NCc1cccc(Cl)c1. The number of nitrogens with one attached hydrogen (secondary N) is 1. The zero-order chi connectivity index (χ0) is 24.6. The fraction of sp³-hybridized carbons (Fsp3) is 0.185. The van der Waals surface area contributed by atoms with Gasteiger partial charge >= 0.3 is 0 Å². The molecule has 0 spiro atoms. The summed E-state index contributed by atoms with van der Waals surface area (Å²) in [5, 5.41) is 4.48. The van der Waals surface area contributed by atoms with E-state index in [4.69, 9.17) is 11.6 Å². The minimum atomic E-state index is -0.176. The van der Waals surface area contributed by atoms with E-state index in [1.807, 2.05) is 42.5 Å². The van der Waals surface area contributed by atoms with Gasteiger partial charge in [0.05, 0.1) is 16.7 Å². The average molecular weight is 506 g/mol. The van der Waals surface area contributed by atoms with E-state index in [-0.39, 0.29) is 29.4 Å². The topological polar surface area (TPSA) is 81.1 Å². The van der Waals surface area contributed by atoms with E-state index in [9.17, 15) is 14.4 Å². The van der Waals surface area contributed by atoms with Crippen LogP contribution in [0.5, 0.6) is 0 Å². The zero-order valence-corrected chi connectivity index (χ0v) is 20.5. The van der Waals surface area contributed by atoms with Crippen LogP contribution in [0, 0.1) is 0 Å². The molecule has 4 aromatic rings. The lowest BCUT2D eigenvalue weighted by atomic mass is 10.2. The first-order chi connectivity index (χ1) is 17.0. The van der Waals surface area contributed by atoms with E-state index in [1.165, 1.54) is 11.8 Å². The number of halogens is 1. The first kappa shape index (κ1) is 24.7. The third kappa shape index (κ3) is 6.59. The maximum absolute atomic E-state index is 13.2. The monoisotopic (exact) mass is 505 g/mol. The molecule has 0 fully saturated rings. The number of amides is 1. The summed E-state index contributed by atoms with van der Waals surface area (Å²) in [5.74, 6) is 0.0136. The fourth-order valence-electron chi connectivity index (χ4n) is 3.63. The van der Waals surface area contributed by atoms with Crippen LogP contribution in [0.3, 0.4) is 0 Å². The van der Waals surface area contributed by atoms with Gasteiger partial charge in [0.15, 0.2) is 10.9 Å². The van der Waals surface area contributed by atoms with Crippen molar-refractivity contribution < 1.29 is 9.59 Å². The Bertz CT molecular complexity index is 1410. The fourth-order valence-corrected chi connectivity index (χ4v) is 4.76. The number of aromatic nitrogens is 2. The Hall–Kier alpha value is -3.42. The van der Waals surface area contributed by atoms with E-state index < -0.39 is 0 Å². The molecule has 0 bridgehead atoms. The number of rotatable bonds is 10. The molecule has 6 nitrogen and oxygen atoms in total. The molecule has 1 heterocycles. The molecule has 0 atom stereocenters. The summed E-state index contributed by atoms with van der Waals surface area (Å²) in [5.41, 5.74) is 1.95. The van der Waals surface area contributed by atoms with Gasteiger partial charge in [0.2, 0.25) is 5.91 Å². The second-order valence-corrected chi connectivity index (χ2v) is 9.34. The normalized spacial score (nSPS) is 10.9. The molecule has 1 N–H and O–H groups in total. The molecule has 8 heteroatoms. The molecule has 3 aromatic carbocycles. The molecule has 178 valence electrons. The molecule has 1 aromatic heterocycles. The third-order valence-electron chi connectivity index (χ3n) is 5.42. The van der Waals surface area contributed by atoms with Crippen molar-refractivity contribution in [3.8, 4) is 0 Å². The van der Waals surface area contributed by atoms with Crippen LogP contribution in [0.15, 0.2) is 88.8 Å². The highest BCUT2D eigenvalue weighted by atomic mass is 35.5. The average Bonchev–Trinajstić information content (AvgIpc) is 2.88. The standard InChI is InChI=1S/C27H24ClN3O3S/c28-21-11-6-8-19(16-21)17-29-25(33)14-7-15-31-26(34)22-12-4-5-13-23(22)30-27(31)35-18-24(32)20-9-2-1-3-10-20/h1-6,8-13,16H,7,14-15,17-18H2,(H,29,33). The van der Waals surface area contributed by atoms with Crippen LogP contribution < -0.4 is 10.9 Å². The Morgan fingerprint density at radius 1 is 0.971 bits per heavy atom. The van der Waals surface area contributed by atoms with Gasteiger partial charge in [0.1, 0.15) is 0 Å². The number of hydrogen-bond donors (Lipinski definition) is 1. The smallest absolute Gasteiger partial charge is 0.262 e. The Morgan fingerprint density at radius 2 is 1.74 bits per heavy atom. The predicted octanol–water partition coefficient (Wildman–Crippen LogP) is 5.12. The van der Waals surface area contributed by atoms with Gasteiger partial charge in [-0.05, 0) is 36.2 Å². The maximum atomic E-state index is 13.2. The van der Waals surface area contributed by atoms with Gasteiger partial charge in [0, 0.05) is 30.1 Å². The summed E-state index contributed by atoms with van der Waals surface area (Å²) < 4.78 is 1.57. The van der Waals surface area contributed by atoms with Crippen molar-refractivity contribution >= 4 is 46.0 Å². The Balaban J connectivity index is 1.43. The van der Waals surface area contributed by atoms with Crippen LogP contribution in [-0.4, -0.2) is 27.0 Å². The van der Waals surface area contributed by atoms with Gasteiger partial charge in [-0.1, -0.05) is 78.0 Å². The van der Waals surface area contributed by atoms with Crippen LogP contribution >= 0.6 is 23.4 Å². The van der Waals surface area contributed by atoms with Crippen LogP contribution in [-0.2, 0) is 17.9 Å². The molecule has 1 amide bonds. The number of hydrogen-bond acceptors (Lipinski definition) is 5. The van der Waals surface area contributed by atoms with Crippen LogP contribution in [0.4, 0.5) is 0 Å². The second-order valence-electron chi connectivity index (χ2n) is 7.96. The van der Waals surface area contributed by atoms with Gasteiger partial charge in [-0.2, -0.15) is 0 Å². The quantitative estimate of drug-likeness (QED) is 0.184. The summed E-state index contributed by atoms with van der Waals surface area (Å²) in [7, 11) is 0. The molecule has 0 radical (unpaired) electrons.